The van der Waals surface area contributed by atoms with Crippen LogP contribution < -0.4 is 0 Å². The predicted molar refractivity (Wildman–Crippen MR) is 75.0 cm³/mol. The Balaban J connectivity index is 1.84. The van der Waals surface area contributed by atoms with E-state index in [9.17, 15) is 5.11 Å². The largest absolute Gasteiger partial charge is 0.389 e. The smallest absolute Gasteiger partial charge is 0.214 e. The van der Waals surface area contributed by atoms with Crippen LogP contribution in [0.15, 0.2) is 32.7 Å². The van der Waals surface area contributed by atoms with Crippen LogP contribution in [0, 0.1) is 0 Å². The second-order valence-electron chi connectivity index (χ2n) is 4.61. The Kier molecular flexibility index (Phi) is 3.60. The fourth-order valence-electron chi connectivity index (χ4n) is 1.76. The zero-order chi connectivity index (χ0) is 13.4. The molecule has 0 bridgehead atoms. The van der Waals surface area contributed by atoms with E-state index < -0.39 is 6.10 Å². The van der Waals surface area contributed by atoms with E-state index >= 15 is 0 Å². The molecule has 1 fully saturated rings. The van der Waals surface area contributed by atoms with Gasteiger partial charge in [0.05, 0.1) is 12.1 Å². The average molecular weight is 341 g/mol. The molecule has 0 spiro atoms. The van der Waals surface area contributed by atoms with E-state index in [1.54, 1.807) is 6.92 Å². The van der Waals surface area contributed by atoms with Crippen molar-refractivity contribution in [1.29, 1.82) is 0 Å². The first-order chi connectivity index (χ1) is 9.15. The first kappa shape index (κ1) is 13.1. The number of hydrogen-bond acceptors (Lipinski definition) is 5. The van der Waals surface area contributed by atoms with E-state index in [-0.39, 0.29) is 0 Å². The first-order valence-electron chi connectivity index (χ1n) is 6.08. The SMILES string of the molecule is C[C@@H](O)c1ccc(Sc2nnnn2C2CC2)c(Br)c1. The quantitative estimate of drug-likeness (QED) is 0.926. The lowest BCUT2D eigenvalue weighted by atomic mass is 10.1. The first-order valence-corrected chi connectivity index (χ1v) is 7.69. The van der Waals surface area contributed by atoms with Gasteiger partial charge in [-0.15, -0.1) is 5.10 Å². The highest BCUT2D eigenvalue weighted by molar-refractivity contribution is 9.10. The molecule has 1 aromatic heterocycles. The maximum Gasteiger partial charge on any atom is 0.214 e. The van der Waals surface area contributed by atoms with E-state index in [4.69, 9.17) is 0 Å². The van der Waals surface area contributed by atoms with Crippen molar-refractivity contribution in [1.82, 2.24) is 20.2 Å². The Bertz CT molecular complexity index is 597. The number of hydrogen-bond donors (Lipinski definition) is 1. The molecule has 3 rings (SSSR count). The summed E-state index contributed by atoms with van der Waals surface area (Å²) in [7, 11) is 0. The Morgan fingerprint density at radius 1 is 1.47 bits per heavy atom. The Labute approximate surface area is 123 Å². The van der Waals surface area contributed by atoms with Gasteiger partial charge in [0.25, 0.3) is 0 Å². The molecule has 5 nitrogen and oxygen atoms in total. The van der Waals surface area contributed by atoms with Crippen LogP contribution in [0.4, 0.5) is 0 Å². The molecule has 1 N–H and O–H groups in total. The molecule has 0 radical (unpaired) electrons. The third-order valence-corrected chi connectivity index (χ3v) is 4.94. The molecule has 1 saturated carbocycles. The maximum absolute atomic E-state index is 9.56. The fourth-order valence-corrected chi connectivity index (χ4v) is 3.24. The molecule has 0 amide bonds. The number of halogens is 1. The number of aliphatic hydroxyl groups excluding tert-OH is 1. The van der Waals surface area contributed by atoms with Crippen LogP contribution in [0.3, 0.4) is 0 Å². The summed E-state index contributed by atoms with van der Waals surface area (Å²) in [6.07, 6.45) is 1.84. The van der Waals surface area contributed by atoms with Crippen molar-refractivity contribution in [2.24, 2.45) is 0 Å². The van der Waals surface area contributed by atoms with Gasteiger partial charge in [-0.2, -0.15) is 0 Å². The van der Waals surface area contributed by atoms with Crippen molar-refractivity contribution in [3.63, 3.8) is 0 Å². The van der Waals surface area contributed by atoms with E-state index in [1.165, 1.54) is 11.8 Å². The lowest BCUT2D eigenvalue weighted by Crippen LogP contribution is -1.98. The summed E-state index contributed by atoms with van der Waals surface area (Å²) in [5, 5.41) is 22.2. The fraction of sp³-hybridized carbons (Fsp3) is 0.417. The van der Waals surface area contributed by atoms with Crippen LogP contribution in [0.2, 0.25) is 0 Å². The zero-order valence-electron chi connectivity index (χ0n) is 10.3. The van der Waals surface area contributed by atoms with Gasteiger partial charge < -0.3 is 5.11 Å². The van der Waals surface area contributed by atoms with E-state index in [2.05, 4.69) is 31.5 Å². The summed E-state index contributed by atoms with van der Waals surface area (Å²) in [5.41, 5.74) is 0.887. The van der Waals surface area contributed by atoms with Crippen LogP contribution in [0.1, 0.15) is 37.5 Å². The van der Waals surface area contributed by atoms with Gasteiger partial charge in [-0.1, -0.05) is 6.07 Å². The van der Waals surface area contributed by atoms with Gasteiger partial charge in [-0.3, -0.25) is 0 Å². The minimum atomic E-state index is -0.466. The Morgan fingerprint density at radius 3 is 2.89 bits per heavy atom. The molecule has 0 saturated heterocycles. The molecular weight excluding hydrogens is 328 g/mol. The highest BCUT2D eigenvalue weighted by atomic mass is 79.9. The lowest BCUT2D eigenvalue weighted by molar-refractivity contribution is 0.199. The van der Waals surface area contributed by atoms with Gasteiger partial charge in [0.2, 0.25) is 5.16 Å². The second-order valence-corrected chi connectivity index (χ2v) is 6.47. The minimum Gasteiger partial charge on any atom is -0.389 e. The Hall–Kier alpha value is -0.920. The molecule has 0 aliphatic heterocycles. The van der Waals surface area contributed by atoms with E-state index in [1.807, 2.05) is 22.9 Å². The highest BCUT2D eigenvalue weighted by Crippen LogP contribution is 2.39. The molecule has 1 atom stereocenters. The summed E-state index contributed by atoms with van der Waals surface area (Å²) in [6.45, 7) is 1.75. The lowest BCUT2D eigenvalue weighted by Gasteiger charge is -2.08. The van der Waals surface area contributed by atoms with E-state index in [0.29, 0.717) is 6.04 Å². The molecule has 0 unspecified atom stereocenters. The molecule has 100 valence electrons. The Morgan fingerprint density at radius 2 is 2.26 bits per heavy atom. The standard InChI is InChI=1S/C12H13BrN4OS/c1-7(18)8-2-5-11(10(13)6-8)19-12-14-15-16-17(12)9-3-4-9/h2,5-7,9,18H,3-4H2,1H3/t7-/m1/s1. The van der Waals surface area contributed by atoms with Gasteiger partial charge in [-0.05, 0) is 75.6 Å². The number of aromatic nitrogens is 4. The maximum atomic E-state index is 9.56. The van der Waals surface area contributed by atoms with E-state index in [0.717, 1.165) is 32.9 Å². The topological polar surface area (TPSA) is 63.8 Å². The van der Waals surface area contributed by atoms with Crippen LogP contribution in [0.5, 0.6) is 0 Å². The van der Waals surface area contributed by atoms with Crippen molar-refractivity contribution in [2.45, 2.75) is 42.0 Å². The minimum absolute atomic E-state index is 0.466. The van der Waals surface area contributed by atoms with Crippen LogP contribution >= 0.6 is 27.7 Å². The van der Waals surface area contributed by atoms with Crippen LogP contribution in [0.25, 0.3) is 0 Å². The normalized spacial score (nSPS) is 16.6. The number of tetrazole rings is 1. The number of aliphatic hydroxyl groups is 1. The molecule has 1 aliphatic carbocycles. The summed E-state index contributed by atoms with van der Waals surface area (Å²) in [4.78, 5) is 1.04. The highest BCUT2D eigenvalue weighted by Gasteiger charge is 2.28. The molecule has 7 heteroatoms. The number of rotatable bonds is 4. The summed E-state index contributed by atoms with van der Waals surface area (Å²) in [5.74, 6) is 0. The third-order valence-electron chi connectivity index (χ3n) is 2.99. The third kappa shape index (κ3) is 2.82. The molecule has 1 heterocycles. The second kappa shape index (κ2) is 5.22. The van der Waals surface area contributed by atoms with Gasteiger partial charge in [0.1, 0.15) is 0 Å². The molecule has 19 heavy (non-hydrogen) atoms. The number of nitrogens with zero attached hydrogens (tertiary/aromatic N) is 4. The zero-order valence-corrected chi connectivity index (χ0v) is 12.7. The summed E-state index contributed by atoms with van der Waals surface area (Å²) < 4.78 is 2.83. The average Bonchev–Trinajstić information content (AvgIpc) is 3.12. The van der Waals surface area contributed by atoms with Crippen LogP contribution in [-0.2, 0) is 0 Å². The van der Waals surface area contributed by atoms with Gasteiger partial charge in [0, 0.05) is 9.37 Å². The van der Waals surface area contributed by atoms with Gasteiger partial charge >= 0.3 is 0 Å². The van der Waals surface area contributed by atoms with Crippen molar-refractivity contribution >= 4 is 27.7 Å². The van der Waals surface area contributed by atoms with Gasteiger partial charge in [-0.25, -0.2) is 4.68 Å². The van der Waals surface area contributed by atoms with Gasteiger partial charge in [0.15, 0.2) is 0 Å². The van der Waals surface area contributed by atoms with Crippen molar-refractivity contribution < 1.29 is 5.11 Å². The molecule has 2 aromatic rings. The predicted octanol–water partition coefficient (Wildman–Crippen LogP) is 2.98. The molecule has 1 aromatic carbocycles. The van der Waals surface area contributed by atoms with Crippen LogP contribution in [-0.4, -0.2) is 25.3 Å². The monoisotopic (exact) mass is 340 g/mol. The van der Waals surface area contributed by atoms with Crippen molar-refractivity contribution in [2.75, 3.05) is 0 Å². The molecular formula is C12H13BrN4OS. The summed E-state index contributed by atoms with van der Waals surface area (Å²) in [6, 6.07) is 6.29. The summed E-state index contributed by atoms with van der Waals surface area (Å²) >= 11 is 5.06. The van der Waals surface area contributed by atoms with Crippen molar-refractivity contribution in [3.8, 4) is 0 Å². The number of benzene rings is 1. The molecule has 1 aliphatic rings. The van der Waals surface area contributed by atoms with Crippen molar-refractivity contribution in [3.05, 3.63) is 28.2 Å².